The topological polar surface area (TPSA) is 317 Å². The third-order valence-corrected chi connectivity index (χ3v) is 9.22. The smallest absolute Gasteiger partial charge is 0.394 e. The molecule has 0 aliphatic carbocycles. The summed E-state index contributed by atoms with van der Waals surface area (Å²) in [5, 5.41) is 94.7. The second-order valence-electron chi connectivity index (χ2n) is 12.5. The highest BCUT2D eigenvalue weighted by Gasteiger charge is 2.65. The molecule has 12 N–H and O–H groups in total. The SMILES string of the molecule is NC1C(OC2C(CO)OC(OC3C(CO)OC(O)C(NC(=O)c4ccc(C5(C(F)(F)F)N=N5)cc4)C3O)C(NCC=O)C2O)OC(CO)C(O)C1O. The molecule has 0 aromatic heterocycles. The van der Waals surface area contributed by atoms with Gasteiger partial charge in [-0.1, -0.05) is 12.1 Å². The molecule has 4 aliphatic rings. The summed E-state index contributed by atoms with van der Waals surface area (Å²) in [4.78, 5) is 24.4. The lowest BCUT2D eigenvalue weighted by molar-refractivity contribution is -0.351. The number of alkyl halides is 3. The molecule has 20 nitrogen and oxygen atoms in total. The van der Waals surface area contributed by atoms with E-state index >= 15 is 0 Å². The molecule has 0 spiro atoms. The molecule has 15 atom stereocenters. The Morgan fingerprint density at radius 3 is 1.90 bits per heavy atom. The van der Waals surface area contributed by atoms with E-state index < -0.39 is 136 Å². The van der Waals surface area contributed by atoms with Gasteiger partial charge in [-0.2, -0.15) is 13.2 Å². The van der Waals surface area contributed by atoms with Gasteiger partial charge in [0.05, 0.1) is 38.4 Å². The van der Waals surface area contributed by atoms with Crippen LogP contribution < -0.4 is 16.4 Å². The summed E-state index contributed by atoms with van der Waals surface area (Å²) in [6.07, 6.45) is -23.9. The number of nitrogens with zero attached hydrogens (tertiary/aromatic N) is 2. The number of ether oxygens (including phenoxy) is 5. The van der Waals surface area contributed by atoms with Gasteiger partial charge in [0.1, 0.15) is 67.3 Å². The van der Waals surface area contributed by atoms with Crippen LogP contribution >= 0.6 is 0 Å². The van der Waals surface area contributed by atoms with Crippen molar-refractivity contribution in [2.24, 2.45) is 16.0 Å². The molecule has 52 heavy (non-hydrogen) atoms. The summed E-state index contributed by atoms with van der Waals surface area (Å²) in [7, 11) is 0. The van der Waals surface area contributed by atoms with Crippen LogP contribution in [0.15, 0.2) is 34.5 Å². The Morgan fingerprint density at radius 2 is 1.37 bits per heavy atom. The number of carbonyl (C=O) groups excluding carboxylic acids is 2. The minimum absolute atomic E-state index is 0.189. The van der Waals surface area contributed by atoms with Crippen molar-refractivity contribution in [1.82, 2.24) is 10.6 Å². The lowest BCUT2D eigenvalue weighted by atomic mass is 9.93. The van der Waals surface area contributed by atoms with Crippen molar-refractivity contribution in [3.8, 4) is 0 Å². The quantitative estimate of drug-likeness (QED) is 0.0839. The first-order valence-corrected chi connectivity index (χ1v) is 16.0. The maximum Gasteiger partial charge on any atom is 0.442 e. The number of aldehydes is 1. The van der Waals surface area contributed by atoms with Crippen LogP contribution in [-0.2, 0) is 34.1 Å². The number of aliphatic hydroxyl groups excluding tert-OH is 8. The van der Waals surface area contributed by atoms with Crippen molar-refractivity contribution < 1.29 is 87.3 Å². The second kappa shape index (κ2) is 16.3. The molecule has 23 heteroatoms. The van der Waals surface area contributed by atoms with Crippen molar-refractivity contribution in [2.45, 2.75) is 104 Å². The molecule has 1 aromatic carbocycles. The zero-order valence-corrected chi connectivity index (χ0v) is 26.9. The lowest BCUT2D eigenvalue weighted by Gasteiger charge is -2.49. The van der Waals surface area contributed by atoms with Gasteiger partial charge < -0.3 is 85.7 Å². The molecule has 0 saturated carbocycles. The summed E-state index contributed by atoms with van der Waals surface area (Å²) in [5.41, 5.74) is 2.69. The van der Waals surface area contributed by atoms with Crippen LogP contribution in [0, 0.1) is 0 Å². The number of hydrogen-bond donors (Lipinski definition) is 11. The Hall–Kier alpha value is -2.85. The maximum atomic E-state index is 13.4. The fraction of sp³-hybridized carbons (Fsp3) is 0.724. The Balaban J connectivity index is 1.31. The highest BCUT2D eigenvalue weighted by molar-refractivity contribution is 5.94. The zero-order valence-electron chi connectivity index (χ0n) is 26.9. The van der Waals surface area contributed by atoms with Crippen LogP contribution in [0.3, 0.4) is 0 Å². The van der Waals surface area contributed by atoms with Crippen LogP contribution in [-0.4, -0.2) is 178 Å². The van der Waals surface area contributed by atoms with E-state index in [2.05, 4.69) is 20.9 Å². The Labute approximate surface area is 291 Å². The van der Waals surface area contributed by atoms with Crippen molar-refractivity contribution in [3.63, 3.8) is 0 Å². The van der Waals surface area contributed by atoms with Crippen molar-refractivity contribution in [1.29, 1.82) is 0 Å². The van der Waals surface area contributed by atoms with Gasteiger partial charge in [-0.3, -0.25) is 4.79 Å². The van der Waals surface area contributed by atoms with Gasteiger partial charge in [0.25, 0.3) is 5.91 Å². The number of amides is 1. The third kappa shape index (κ3) is 7.84. The fourth-order valence-electron chi connectivity index (χ4n) is 6.23. The van der Waals surface area contributed by atoms with Crippen LogP contribution in [0.5, 0.6) is 0 Å². The van der Waals surface area contributed by atoms with E-state index in [-0.39, 0.29) is 11.1 Å². The normalized spacial score (nSPS) is 40.3. The van der Waals surface area contributed by atoms with Gasteiger partial charge in [-0.25, -0.2) is 0 Å². The minimum atomic E-state index is -4.80. The van der Waals surface area contributed by atoms with Crippen LogP contribution in [0.4, 0.5) is 13.2 Å². The standard InChI is InChI=1S/C29H40F3N5O15/c30-29(31,32)28(36-37-28)11-3-1-10(2-4-11)24(46)35-16-20(44)22(13(8-40)48-25(16)47)52-27-17(34-5-6-38)21(45)23(14(9-41)50-27)51-26-15(33)19(43)18(42)12(7-39)49-26/h1-4,6,12-23,25-27,34,39-45,47H,5,7-9,33H2,(H,35,46). The highest BCUT2D eigenvalue weighted by Crippen LogP contribution is 2.52. The molecule has 15 unspecified atom stereocenters. The Morgan fingerprint density at radius 1 is 0.827 bits per heavy atom. The van der Waals surface area contributed by atoms with Crippen molar-refractivity contribution in [3.05, 3.63) is 35.4 Å². The van der Waals surface area contributed by atoms with E-state index in [1.54, 1.807) is 0 Å². The average Bonchev–Trinajstić information content (AvgIpc) is 3.95. The predicted octanol–water partition coefficient (Wildman–Crippen LogP) is -5.19. The number of halogens is 3. The molecule has 0 radical (unpaired) electrons. The van der Waals surface area contributed by atoms with E-state index in [4.69, 9.17) is 29.4 Å². The lowest BCUT2D eigenvalue weighted by Crippen LogP contribution is -2.70. The first-order valence-electron chi connectivity index (χ1n) is 16.0. The summed E-state index contributed by atoms with van der Waals surface area (Å²) in [5.74, 6) is -0.968. The Kier molecular flexibility index (Phi) is 12.6. The number of nitrogens with two attached hydrogens (primary N) is 1. The second-order valence-corrected chi connectivity index (χ2v) is 12.5. The zero-order chi connectivity index (χ0) is 38.1. The average molecular weight is 756 g/mol. The van der Waals surface area contributed by atoms with E-state index in [0.29, 0.717) is 6.29 Å². The van der Waals surface area contributed by atoms with E-state index in [0.717, 1.165) is 24.3 Å². The molecule has 292 valence electrons. The number of aliphatic hydroxyl groups is 8. The first kappa shape index (κ1) is 40.3. The molecular weight excluding hydrogens is 715 g/mol. The summed E-state index contributed by atoms with van der Waals surface area (Å²) < 4.78 is 68.5. The van der Waals surface area contributed by atoms with E-state index in [9.17, 15) is 63.6 Å². The minimum Gasteiger partial charge on any atom is -0.394 e. The van der Waals surface area contributed by atoms with Gasteiger partial charge in [0.15, 0.2) is 18.9 Å². The number of benzene rings is 1. The third-order valence-electron chi connectivity index (χ3n) is 9.22. The molecular formula is C29H40F3N5O15. The molecule has 3 saturated heterocycles. The molecule has 5 rings (SSSR count). The number of hydrogen-bond acceptors (Lipinski definition) is 19. The number of nitrogens with one attached hydrogen (secondary N) is 2. The fourth-order valence-corrected chi connectivity index (χ4v) is 6.23. The predicted molar refractivity (Wildman–Crippen MR) is 159 cm³/mol. The summed E-state index contributed by atoms with van der Waals surface area (Å²) in [6.45, 7) is -2.87. The molecule has 1 amide bonds. The van der Waals surface area contributed by atoms with Gasteiger partial charge >= 0.3 is 11.8 Å². The molecule has 1 aromatic rings. The monoisotopic (exact) mass is 755 g/mol. The number of carbonyl (C=O) groups is 2. The van der Waals surface area contributed by atoms with Gasteiger partial charge in [-0.05, 0) is 12.1 Å². The number of rotatable bonds is 13. The molecule has 3 fully saturated rings. The van der Waals surface area contributed by atoms with Crippen molar-refractivity contribution >= 4 is 12.2 Å². The van der Waals surface area contributed by atoms with E-state index in [1.165, 1.54) is 0 Å². The largest absolute Gasteiger partial charge is 0.442 e. The van der Waals surface area contributed by atoms with Crippen LogP contribution in [0.25, 0.3) is 0 Å². The molecule has 4 heterocycles. The highest BCUT2D eigenvalue weighted by atomic mass is 19.4. The maximum absolute atomic E-state index is 13.4. The first-order chi connectivity index (χ1) is 24.6. The van der Waals surface area contributed by atoms with Crippen LogP contribution in [0.1, 0.15) is 15.9 Å². The van der Waals surface area contributed by atoms with Crippen molar-refractivity contribution in [2.75, 3.05) is 26.4 Å². The summed E-state index contributed by atoms with van der Waals surface area (Å²) >= 11 is 0. The molecule has 0 bridgehead atoms. The van der Waals surface area contributed by atoms with Gasteiger partial charge in [0.2, 0.25) is 0 Å². The van der Waals surface area contributed by atoms with Crippen LogP contribution in [0.2, 0.25) is 0 Å². The van der Waals surface area contributed by atoms with E-state index in [1.807, 2.05) is 0 Å². The van der Waals surface area contributed by atoms with Gasteiger partial charge in [0, 0.05) is 11.1 Å². The molecule has 4 aliphatic heterocycles. The van der Waals surface area contributed by atoms with Gasteiger partial charge in [-0.15, -0.1) is 10.2 Å². The summed E-state index contributed by atoms with van der Waals surface area (Å²) in [6, 6.07) is -0.453. The Bertz CT molecular complexity index is 1410.